The lowest BCUT2D eigenvalue weighted by molar-refractivity contribution is -0.284. The lowest BCUT2D eigenvalue weighted by Gasteiger charge is -2.53. The molecule has 0 amide bonds. The lowest BCUT2D eigenvalue weighted by atomic mass is 9.51. The lowest BCUT2D eigenvalue weighted by Crippen LogP contribution is -2.50. The minimum absolute atomic E-state index is 0.158. The highest BCUT2D eigenvalue weighted by molar-refractivity contribution is 7.99. The first-order valence-corrected chi connectivity index (χ1v) is 19.2. The summed E-state index contributed by atoms with van der Waals surface area (Å²) in [7, 11) is 2.05. The molecular weight excluding hydrogens is 652 g/mol. The van der Waals surface area contributed by atoms with Gasteiger partial charge in [0.05, 0.1) is 6.61 Å². The summed E-state index contributed by atoms with van der Waals surface area (Å²) in [5.41, 5.74) is 1.71. The van der Waals surface area contributed by atoms with Gasteiger partial charge in [-0.25, -0.2) is 4.39 Å². The molecule has 0 radical (unpaired) electrons. The molecule has 1 heterocycles. The predicted octanol–water partition coefficient (Wildman–Crippen LogP) is 9.78. The normalized spacial score (nSPS) is 30.6. The molecule has 1 saturated heterocycles. The van der Waals surface area contributed by atoms with Gasteiger partial charge >= 0.3 is 12.1 Å². The van der Waals surface area contributed by atoms with Crippen molar-refractivity contribution in [1.29, 1.82) is 0 Å². The van der Waals surface area contributed by atoms with Crippen LogP contribution in [-0.2, 0) is 16.0 Å². The quantitative estimate of drug-likeness (QED) is 0.127. The Morgan fingerprint density at radius 1 is 1.02 bits per heavy atom. The molecule has 2 saturated carbocycles. The van der Waals surface area contributed by atoms with Gasteiger partial charge in [-0.15, -0.1) is 0 Å². The van der Waals surface area contributed by atoms with Crippen molar-refractivity contribution in [2.75, 3.05) is 38.2 Å². The second kappa shape index (κ2) is 16.3. The monoisotopic (exact) mass is 705 g/mol. The Kier molecular flexibility index (Phi) is 12.8. The van der Waals surface area contributed by atoms with E-state index in [0.29, 0.717) is 31.1 Å². The SMILES string of the molecule is CN(CCCCC[C@@H]1Cc2cc(OC3CCCCO3)ccc2[C@@H]2[C@@H]1[C@@H]1CCC(=O)[C@@]1(C)C[C@@H]2F)CCCSCCCC(F)(F)C(F)(F)F. The molecule has 272 valence electrons. The van der Waals surface area contributed by atoms with Crippen molar-refractivity contribution >= 4 is 17.5 Å². The topological polar surface area (TPSA) is 38.8 Å². The third-order valence-corrected chi connectivity index (χ3v) is 12.7. The summed E-state index contributed by atoms with van der Waals surface area (Å²) in [6.07, 6.45) is 2.52. The van der Waals surface area contributed by atoms with Gasteiger partial charge in [-0.2, -0.15) is 33.7 Å². The van der Waals surface area contributed by atoms with Crippen molar-refractivity contribution in [2.24, 2.45) is 23.2 Å². The number of nitrogens with zero attached hydrogens (tertiary/aromatic N) is 1. The van der Waals surface area contributed by atoms with Crippen LogP contribution >= 0.6 is 11.8 Å². The van der Waals surface area contributed by atoms with E-state index >= 15 is 4.39 Å². The summed E-state index contributed by atoms with van der Waals surface area (Å²) in [4.78, 5) is 15.3. The Balaban J connectivity index is 1.10. The maximum atomic E-state index is 16.2. The van der Waals surface area contributed by atoms with Crippen LogP contribution in [0, 0.1) is 23.2 Å². The molecule has 0 aromatic heterocycles. The van der Waals surface area contributed by atoms with E-state index in [2.05, 4.69) is 24.1 Å². The highest BCUT2D eigenvalue weighted by Gasteiger charge is 2.60. The van der Waals surface area contributed by atoms with Crippen LogP contribution in [0.5, 0.6) is 5.75 Å². The first kappa shape index (κ1) is 37.8. The number of halogens is 6. The smallest absolute Gasteiger partial charge is 0.453 e. The van der Waals surface area contributed by atoms with Crippen LogP contribution in [0.3, 0.4) is 0 Å². The van der Waals surface area contributed by atoms with E-state index < -0.39 is 30.1 Å². The number of thioether (sulfide) groups is 1. The van der Waals surface area contributed by atoms with Crippen LogP contribution in [0.25, 0.3) is 0 Å². The molecule has 3 aliphatic carbocycles. The van der Waals surface area contributed by atoms with Gasteiger partial charge in [0.25, 0.3) is 0 Å². The number of hydrogen-bond donors (Lipinski definition) is 0. The molecule has 5 rings (SSSR count). The summed E-state index contributed by atoms with van der Waals surface area (Å²) in [5.74, 6) is -2.07. The predicted molar refractivity (Wildman–Crippen MR) is 178 cm³/mol. The summed E-state index contributed by atoms with van der Waals surface area (Å²) < 4.78 is 91.2. The van der Waals surface area contributed by atoms with Gasteiger partial charge in [0.15, 0.2) is 6.29 Å². The molecule has 4 nitrogen and oxygen atoms in total. The van der Waals surface area contributed by atoms with Gasteiger partial charge in [-0.3, -0.25) is 4.79 Å². The number of carbonyl (C=O) groups is 1. The molecule has 0 N–H and O–H groups in total. The van der Waals surface area contributed by atoms with Crippen molar-refractivity contribution in [3.05, 3.63) is 29.3 Å². The third kappa shape index (κ3) is 8.87. The number of carbonyl (C=O) groups excluding carboxylic acids is 1. The number of ether oxygens (including phenoxy) is 2. The van der Waals surface area contributed by atoms with Crippen LogP contribution in [-0.4, -0.2) is 73.5 Å². The van der Waals surface area contributed by atoms with Crippen LogP contribution in [0.2, 0.25) is 0 Å². The average molecular weight is 706 g/mol. The maximum absolute atomic E-state index is 16.2. The second-order valence-electron chi connectivity index (χ2n) is 15.0. The fraction of sp³-hybridized carbons (Fsp3) is 0.811. The van der Waals surface area contributed by atoms with Crippen LogP contribution in [0.15, 0.2) is 18.2 Å². The van der Waals surface area contributed by atoms with Gasteiger partial charge in [-0.1, -0.05) is 25.8 Å². The molecule has 1 unspecified atom stereocenters. The van der Waals surface area contributed by atoms with Gasteiger partial charge in [0, 0.05) is 30.6 Å². The number of rotatable bonds is 16. The minimum Gasteiger partial charge on any atom is -0.465 e. The fourth-order valence-corrected chi connectivity index (χ4v) is 9.89. The number of ketones is 1. The molecule has 4 aliphatic rings. The number of unbranched alkanes of at least 4 members (excludes halogenated alkanes) is 2. The third-order valence-electron chi connectivity index (χ3n) is 11.6. The molecular formula is C37H53F6NO3S. The molecule has 1 aromatic carbocycles. The number of alkyl halides is 6. The van der Waals surface area contributed by atoms with Crippen molar-refractivity contribution in [1.82, 2.24) is 4.90 Å². The molecule has 1 aliphatic heterocycles. The van der Waals surface area contributed by atoms with E-state index in [0.717, 1.165) is 94.4 Å². The minimum atomic E-state index is -5.47. The van der Waals surface area contributed by atoms with E-state index in [1.165, 1.54) is 17.3 Å². The van der Waals surface area contributed by atoms with Gasteiger partial charge < -0.3 is 14.4 Å². The second-order valence-corrected chi connectivity index (χ2v) is 16.2. The first-order valence-electron chi connectivity index (χ1n) is 18.1. The Labute approximate surface area is 286 Å². The van der Waals surface area contributed by atoms with Crippen molar-refractivity contribution < 1.29 is 40.6 Å². The molecule has 7 atom stereocenters. The Hall–Kier alpha value is -1.46. The van der Waals surface area contributed by atoms with E-state index in [9.17, 15) is 26.7 Å². The summed E-state index contributed by atoms with van der Waals surface area (Å²) in [6.45, 7) is 4.50. The van der Waals surface area contributed by atoms with E-state index in [4.69, 9.17) is 9.47 Å². The van der Waals surface area contributed by atoms with Crippen molar-refractivity contribution in [3.63, 3.8) is 0 Å². The molecule has 48 heavy (non-hydrogen) atoms. The molecule has 1 aromatic rings. The Bertz CT molecular complexity index is 1210. The van der Waals surface area contributed by atoms with Gasteiger partial charge in [0.1, 0.15) is 17.7 Å². The summed E-state index contributed by atoms with van der Waals surface area (Å²) in [6, 6.07) is 6.17. The maximum Gasteiger partial charge on any atom is 0.453 e. The number of benzene rings is 1. The Morgan fingerprint density at radius 2 is 1.79 bits per heavy atom. The Morgan fingerprint density at radius 3 is 2.54 bits per heavy atom. The van der Waals surface area contributed by atoms with E-state index in [1.807, 2.05) is 13.0 Å². The van der Waals surface area contributed by atoms with Crippen LogP contribution < -0.4 is 4.74 Å². The fourth-order valence-electron chi connectivity index (χ4n) is 9.01. The zero-order valence-corrected chi connectivity index (χ0v) is 29.3. The number of hydrogen-bond acceptors (Lipinski definition) is 5. The van der Waals surface area contributed by atoms with Crippen molar-refractivity contribution in [2.45, 2.75) is 127 Å². The van der Waals surface area contributed by atoms with Crippen molar-refractivity contribution in [3.8, 4) is 5.75 Å². The molecule has 11 heteroatoms. The molecule has 0 bridgehead atoms. The highest BCUT2D eigenvalue weighted by atomic mass is 32.2. The molecule has 3 fully saturated rings. The number of fused-ring (bicyclic) bond motifs is 5. The van der Waals surface area contributed by atoms with E-state index in [-0.39, 0.29) is 36.2 Å². The first-order chi connectivity index (χ1) is 22.8. The average Bonchev–Trinajstić information content (AvgIpc) is 3.32. The summed E-state index contributed by atoms with van der Waals surface area (Å²) >= 11 is 1.43. The van der Waals surface area contributed by atoms with Gasteiger partial charge in [-0.05, 0) is 130 Å². The largest absolute Gasteiger partial charge is 0.465 e. The van der Waals surface area contributed by atoms with E-state index in [1.54, 1.807) is 0 Å². The highest BCUT2D eigenvalue weighted by Crippen LogP contribution is 2.62. The zero-order valence-electron chi connectivity index (χ0n) is 28.5. The number of Topliss-reactive ketones (excluding diaryl/α,β-unsaturated/α-hetero) is 1. The van der Waals surface area contributed by atoms with Crippen LogP contribution in [0.4, 0.5) is 26.3 Å². The zero-order chi connectivity index (χ0) is 34.5. The standard InChI is InChI=1S/C37H53F6NO3S/c1-35-24-30(38)34-28-13-12-27(47-32-11-5-7-19-46-32)23-26(28)22-25(33(34)29(35)14-15-31(35)45)10-4-3-6-17-44(2)18-9-21-48-20-8-16-36(39,40)37(41,42)43/h12-13,23,25,29-30,32-34H,3-11,14-22,24H2,1-2H3/t25-,29+,30+,32?,33+,34+,35+/m1/s1. The van der Waals surface area contributed by atoms with Crippen LogP contribution in [0.1, 0.15) is 107 Å². The summed E-state index contributed by atoms with van der Waals surface area (Å²) in [5, 5.41) is 0. The molecule has 0 spiro atoms. The van der Waals surface area contributed by atoms with Gasteiger partial charge in [0.2, 0.25) is 0 Å².